The monoisotopic (exact) mass is 232 g/mol. The third kappa shape index (κ3) is 2.46. The van der Waals surface area contributed by atoms with E-state index in [0.29, 0.717) is 5.69 Å². The lowest BCUT2D eigenvalue weighted by Gasteiger charge is -2.12. The fourth-order valence-corrected chi connectivity index (χ4v) is 1.95. The largest absolute Gasteiger partial charge is 0.344 e. The SMILES string of the molecule is C[C@@H](NC(=O)c1cscn1)c1ccccc1. The zero-order valence-corrected chi connectivity index (χ0v) is 9.70. The summed E-state index contributed by atoms with van der Waals surface area (Å²) >= 11 is 1.42. The first-order chi connectivity index (χ1) is 7.77. The summed E-state index contributed by atoms with van der Waals surface area (Å²) in [5, 5.41) is 4.65. The van der Waals surface area contributed by atoms with Gasteiger partial charge in [-0.25, -0.2) is 4.98 Å². The van der Waals surface area contributed by atoms with E-state index in [2.05, 4.69) is 10.3 Å². The van der Waals surface area contributed by atoms with Crippen LogP contribution in [0.1, 0.15) is 29.0 Å². The van der Waals surface area contributed by atoms with Crippen LogP contribution in [0, 0.1) is 0 Å². The van der Waals surface area contributed by atoms with Gasteiger partial charge in [-0.3, -0.25) is 4.79 Å². The van der Waals surface area contributed by atoms with Gasteiger partial charge in [0.05, 0.1) is 11.6 Å². The highest BCUT2D eigenvalue weighted by Gasteiger charge is 2.11. The van der Waals surface area contributed by atoms with Crippen LogP contribution >= 0.6 is 11.3 Å². The number of benzene rings is 1. The van der Waals surface area contributed by atoms with Gasteiger partial charge in [0, 0.05) is 5.38 Å². The Morgan fingerprint density at radius 2 is 2.12 bits per heavy atom. The minimum atomic E-state index is -0.127. The number of hydrogen-bond acceptors (Lipinski definition) is 3. The quantitative estimate of drug-likeness (QED) is 0.884. The van der Waals surface area contributed by atoms with E-state index in [4.69, 9.17) is 0 Å². The van der Waals surface area contributed by atoms with Crippen LogP contribution < -0.4 is 5.32 Å². The van der Waals surface area contributed by atoms with Gasteiger partial charge in [-0.15, -0.1) is 11.3 Å². The smallest absolute Gasteiger partial charge is 0.271 e. The van der Waals surface area contributed by atoms with Crippen LogP contribution in [-0.4, -0.2) is 10.9 Å². The number of carbonyl (C=O) groups excluding carboxylic acids is 1. The average molecular weight is 232 g/mol. The normalized spacial score (nSPS) is 12.1. The Morgan fingerprint density at radius 1 is 1.38 bits per heavy atom. The van der Waals surface area contributed by atoms with Crippen molar-refractivity contribution in [1.82, 2.24) is 10.3 Å². The van der Waals surface area contributed by atoms with Gasteiger partial charge in [0.1, 0.15) is 5.69 Å². The van der Waals surface area contributed by atoms with Crippen molar-refractivity contribution >= 4 is 17.2 Å². The van der Waals surface area contributed by atoms with Crippen LogP contribution in [0.4, 0.5) is 0 Å². The highest BCUT2D eigenvalue weighted by atomic mass is 32.1. The van der Waals surface area contributed by atoms with Crippen molar-refractivity contribution in [3.8, 4) is 0 Å². The van der Waals surface area contributed by atoms with Crippen LogP contribution in [0.5, 0.6) is 0 Å². The molecule has 1 aromatic carbocycles. The van der Waals surface area contributed by atoms with E-state index < -0.39 is 0 Å². The number of carbonyl (C=O) groups is 1. The maximum Gasteiger partial charge on any atom is 0.271 e. The summed E-state index contributed by atoms with van der Waals surface area (Å²) in [6, 6.07) is 9.85. The highest BCUT2D eigenvalue weighted by molar-refractivity contribution is 7.07. The van der Waals surface area contributed by atoms with E-state index in [1.165, 1.54) is 11.3 Å². The zero-order chi connectivity index (χ0) is 11.4. The van der Waals surface area contributed by atoms with Gasteiger partial charge in [-0.05, 0) is 12.5 Å². The van der Waals surface area contributed by atoms with E-state index >= 15 is 0 Å². The maximum atomic E-state index is 11.7. The summed E-state index contributed by atoms with van der Waals surface area (Å²) in [6.07, 6.45) is 0. The fourth-order valence-electron chi connectivity index (χ4n) is 1.42. The van der Waals surface area contributed by atoms with Crippen molar-refractivity contribution in [2.24, 2.45) is 0 Å². The molecular formula is C12H12N2OS. The number of thiazole rings is 1. The molecule has 2 aromatic rings. The number of hydrogen-bond donors (Lipinski definition) is 1. The molecule has 4 heteroatoms. The second-order valence-corrected chi connectivity index (χ2v) is 4.20. The lowest BCUT2D eigenvalue weighted by molar-refractivity contribution is 0.0935. The molecular weight excluding hydrogens is 220 g/mol. The van der Waals surface area contributed by atoms with Crippen LogP contribution in [0.3, 0.4) is 0 Å². The molecule has 1 N–H and O–H groups in total. The molecule has 0 spiro atoms. The number of nitrogens with one attached hydrogen (secondary N) is 1. The molecule has 0 radical (unpaired) electrons. The molecule has 0 bridgehead atoms. The van der Waals surface area contributed by atoms with E-state index in [1.54, 1.807) is 10.9 Å². The third-order valence-electron chi connectivity index (χ3n) is 2.31. The maximum absolute atomic E-state index is 11.7. The topological polar surface area (TPSA) is 42.0 Å². The summed E-state index contributed by atoms with van der Waals surface area (Å²) in [4.78, 5) is 15.7. The molecule has 0 aliphatic heterocycles. The van der Waals surface area contributed by atoms with E-state index in [-0.39, 0.29) is 11.9 Å². The number of rotatable bonds is 3. The average Bonchev–Trinajstić information content (AvgIpc) is 2.83. The summed E-state index contributed by atoms with van der Waals surface area (Å²) in [7, 11) is 0. The Kier molecular flexibility index (Phi) is 3.31. The van der Waals surface area contributed by atoms with Crippen LogP contribution in [0.15, 0.2) is 41.2 Å². The lowest BCUT2D eigenvalue weighted by atomic mass is 10.1. The van der Waals surface area contributed by atoms with Gasteiger partial charge in [0.2, 0.25) is 0 Å². The number of nitrogens with zero attached hydrogens (tertiary/aromatic N) is 1. The third-order valence-corrected chi connectivity index (χ3v) is 2.90. The van der Waals surface area contributed by atoms with Gasteiger partial charge in [-0.2, -0.15) is 0 Å². The minimum Gasteiger partial charge on any atom is -0.344 e. The predicted molar refractivity (Wildman–Crippen MR) is 64.4 cm³/mol. The summed E-state index contributed by atoms with van der Waals surface area (Å²) in [6.45, 7) is 1.96. The summed E-state index contributed by atoms with van der Waals surface area (Å²) in [5.41, 5.74) is 3.22. The Labute approximate surface area is 98.2 Å². The molecule has 0 aliphatic rings. The molecule has 1 amide bonds. The second-order valence-electron chi connectivity index (χ2n) is 3.48. The van der Waals surface area contributed by atoms with Gasteiger partial charge in [0.15, 0.2) is 0 Å². The van der Waals surface area contributed by atoms with Gasteiger partial charge in [-0.1, -0.05) is 30.3 Å². The number of amides is 1. The lowest BCUT2D eigenvalue weighted by Crippen LogP contribution is -2.26. The molecule has 16 heavy (non-hydrogen) atoms. The molecule has 82 valence electrons. The highest BCUT2D eigenvalue weighted by Crippen LogP contribution is 2.12. The van der Waals surface area contributed by atoms with E-state index in [1.807, 2.05) is 37.3 Å². The molecule has 1 atom stereocenters. The van der Waals surface area contributed by atoms with E-state index in [9.17, 15) is 4.79 Å². The van der Waals surface area contributed by atoms with Gasteiger partial charge >= 0.3 is 0 Å². The Bertz CT molecular complexity index is 453. The van der Waals surface area contributed by atoms with Crippen LogP contribution in [-0.2, 0) is 0 Å². The fraction of sp³-hybridized carbons (Fsp3) is 0.167. The van der Waals surface area contributed by atoms with E-state index in [0.717, 1.165) is 5.56 Å². The van der Waals surface area contributed by atoms with Crippen molar-refractivity contribution < 1.29 is 4.79 Å². The molecule has 0 saturated heterocycles. The second kappa shape index (κ2) is 4.90. The van der Waals surface area contributed by atoms with Crippen molar-refractivity contribution in [3.63, 3.8) is 0 Å². The van der Waals surface area contributed by atoms with Crippen molar-refractivity contribution in [2.45, 2.75) is 13.0 Å². The van der Waals surface area contributed by atoms with Crippen molar-refractivity contribution in [3.05, 3.63) is 52.5 Å². The molecule has 2 rings (SSSR count). The molecule has 3 nitrogen and oxygen atoms in total. The first-order valence-corrected chi connectivity index (χ1v) is 5.95. The molecule has 0 unspecified atom stereocenters. The number of aromatic nitrogens is 1. The predicted octanol–water partition coefficient (Wildman–Crippen LogP) is 2.63. The van der Waals surface area contributed by atoms with Crippen LogP contribution in [0.25, 0.3) is 0 Å². The Hall–Kier alpha value is -1.68. The molecule has 0 saturated carbocycles. The molecule has 1 heterocycles. The Morgan fingerprint density at radius 3 is 2.75 bits per heavy atom. The standard InChI is InChI=1S/C12H12N2OS/c1-9(10-5-3-2-4-6-10)14-12(15)11-7-16-8-13-11/h2-9H,1H3,(H,14,15)/t9-/m1/s1. The zero-order valence-electron chi connectivity index (χ0n) is 8.88. The van der Waals surface area contributed by atoms with Crippen LogP contribution in [0.2, 0.25) is 0 Å². The molecule has 0 fully saturated rings. The van der Waals surface area contributed by atoms with Crippen molar-refractivity contribution in [2.75, 3.05) is 0 Å². The van der Waals surface area contributed by atoms with Gasteiger partial charge < -0.3 is 5.32 Å². The van der Waals surface area contributed by atoms with Gasteiger partial charge in [0.25, 0.3) is 5.91 Å². The summed E-state index contributed by atoms with van der Waals surface area (Å²) < 4.78 is 0. The Balaban J connectivity index is 2.03. The summed E-state index contributed by atoms with van der Waals surface area (Å²) in [5.74, 6) is -0.127. The first kappa shape index (κ1) is 10.8. The minimum absolute atomic E-state index is 0.00426. The first-order valence-electron chi connectivity index (χ1n) is 5.01. The molecule has 1 aromatic heterocycles. The van der Waals surface area contributed by atoms with Crippen molar-refractivity contribution in [1.29, 1.82) is 0 Å². The molecule has 0 aliphatic carbocycles.